The van der Waals surface area contributed by atoms with Crippen molar-refractivity contribution in [1.29, 1.82) is 0 Å². The monoisotopic (exact) mass is 329 g/mol. The second-order valence-electron chi connectivity index (χ2n) is 4.57. The molecule has 116 valence electrons. The van der Waals surface area contributed by atoms with Crippen LogP contribution in [-0.2, 0) is 30.2 Å². The molecule has 0 saturated carbocycles. The number of hydrogen-bond acceptors (Lipinski definition) is 6. The number of nitrogens with zero attached hydrogens (tertiary/aromatic N) is 3. The van der Waals surface area contributed by atoms with Crippen LogP contribution in [0.15, 0.2) is 22.7 Å². The van der Waals surface area contributed by atoms with Crippen molar-refractivity contribution in [3.63, 3.8) is 0 Å². The molecule has 0 aromatic carbocycles. The minimum atomic E-state index is -3.54. The summed E-state index contributed by atoms with van der Waals surface area (Å²) in [5.41, 5.74) is 0. The molecule has 0 aliphatic heterocycles. The Labute approximate surface area is 128 Å². The molecule has 7 nitrogen and oxygen atoms in total. The van der Waals surface area contributed by atoms with E-state index in [-0.39, 0.29) is 6.54 Å². The average Bonchev–Trinajstić information content (AvgIpc) is 3.06. The van der Waals surface area contributed by atoms with Crippen LogP contribution in [0.5, 0.6) is 0 Å². The molecule has 0 aliphatic rings. The quantitative estimate of drug-likeness (QED) is 0.701. The highest BCUT2D eigenvalue weighted by molar-refractivity contribution is 7.89. The van der Waals surface area contributed by atoms with E-state index in [1.165, 1.54) is 17.7 Å². The first-order chi connectivity index (χ1) is 10.0. The first-order valence-electron chi connectivity index (χ1n) is 6.64. The topological polar surface area (TPSA) is 88.9 Å². The Bertz CT molecular complexity index is 677. The molecular weight excluding hydrogens is 310 g/mol. The van der Waals surface area contributed by atoms with E-state index >= 15 is 0 Å². The van der Waals surface area contributed by atoms with Gasteiger partial charge in [0.15, 0.2) is 0 Å². The summed E-state index contributed by atoms with van der Waals surface area (Å²) in [7, 11) is -1.77. The summed E-state index contributed by atoms with van der Waals surface area (Å²) >= 11 is 1.44. The lowest BCUT2D eigenvalue weighted by Crippen LogP contribution is -2.26. The Morgan fingerprint density at radius 1 is 1.38 bits per heavy atom. The van der Waals surface area contributed by atoms with Crippen LogP contribution in [-0.4, -0.2) is 29.7 Å². The SMILES string of the molecule is CCCNCc1sccc1S(=O)(=O)NCc1nncn1C. The van der Waals surface area contributed by atoms with E-state index in [0.29, 0.717) is 17.3 Å². The van der Waals surface area contributed by atoms with Gasteiger partial charge in [-0.3, -0.25) is 0 Å². The average molecular weight is 329 g/mol. The van der Waals surface area contributed by atoms with Gasteiger partial charge in [-0.1, -0.05) is 6.92 Å². The highest BCUT2D eigenvalue weighted by Gasteiger charge is 2.20. The highest BCUT2D eigenvalue weighted by atomic mass is 32.2. The molecule has 2 heterocycles. The smallest absolute Gasteiger partial charge is 0.242 e. The lowest BCUT2D eigenvalue weighted by molar-refractivity contribution is 0.575. The predicted molar refractivity (Wildman–Crippen MR) is 81.3 cm³/mol. The van der Waals surface area contributed by atoms with Crippen LogP contribution in [0.4, 0.5) is 0 Å². The Balaban J connectivity index is 2.05. The van der Waals surface area contributed by atoms with Crippen molar-refractivity contribution in [3.8, 4) is 0 Å². The maximum absolute atomic E-state index is 12.4. The summed E-state index contributed by atoms with van der Waals surface area (Å²) in [6.45, 7) is 3.62. The summed E-state index contributed by atoms with van der Waals surface area (Å²) in [5, 5.41) is 12.6. The van der Waals surface area contributed by atoms with E-state index in [0.717, 1.165) is 17.8 Å². The molecule has 0 amide bonds. The number of hydrogen-bond donors (Lipinski definition) is 2. The molecule has 2 rings (SSSR count). The predicted octanol–water partition coefficient (Wildman–Crippen LogP) is 0.855. The van der Waals surface area contributed by atoms with E-state index in [4.69, 9.17) is 0 Å². The summed E-state index contributed by atoms with van der Waals surface area (Å²) < 4.78 is 29.0. The fourth-order valence-corrected chi connectivity index (χ4v) is 4.17. The number of sulfonamides is 1. The van der Waals surface area contributed by atoms with Crippen LogP contribution < -0.4 is 10.0 Å². The molecule has 0 saturated heterocycles. The van der Waals surface area contributed by atoms with Gasteiger partial charge in [0.05, 0.1) is 11.4 Å². The van der Waals surface area contributed by atoms with Gasteiger partial charge in [-0.25, -0.2) is 13.1 Å². The Hall–Kier alpha value is -1.29. The number of thiophene rings is 1. The van der Waals surface area contributed by atoms with Crippen molar-refractivity contribution in [2.45, 2.75) is 31.3 Å². The zero-order valence-corrected chi connectivity index (χ0v) is 13.7. The second kappa shape index (κ2) is 7.12. The molecule has 0 fully saturated rings. The summed E-state index contributed by atoms with van der Waals surface area (Å²) in [6.07, 6.45) is 2.55. The van der Waals surface area contributed by atoms with Crippen molar-refractivity contribution in [1.82, 2.24) is 24.8 Å². The fraction of sp³-hybridized carbons (Fsp3) is 0.500. The molecule has 2 aromatic rings. The molecule has 21 heavy (non-hydrogen) atoms. The van der Waals surface area contributed by atoms with Gasteiger partial charge < -0.3 is 9.88 Å². The molecule has 9 heteroatoms. The van der Waals surface area contributed by atoms with Gasteiger partial charge in [0.25, 0.3) is 0 Å². The molecule has 0 aliphatic carbocycles. The fourth-order valence-electron chi connectivity index (χ4n) is 1.78. The lowest BCUT2D eigenvalue weighted by atomic mass is 10.4. The Kier molecular flexibility index (Phi) is 5.45. The standard InChI is InChI=1S/C12H19N5O2S2/c1-3-5-13-7-10-11(4-6-20-10)21(18,19)15-8-12-16-14-9-17(12)2/h4,6,9,13,15H,3,5,7-8H2,1-2H3. The minimum Gasteiger partial charge on any atom is -0.320 e. The lowest BCUT2D eigenvalue weighted by Gasteiger charge is -2.08. The largest absolute Gasteiger partial charge is 0.320 e. The normalized spacial score (nSPS) is 11.9. The van der Waals surface area contributed by atoms with Gasteiger partial charge in [-0.05, 0) is 24.4 Å². The molecule has 0 radical (unpaired) electrons. The molecule has 2 N–H and O–H groups in total. The van der Waals surface area contributed by atoms with Crippen LogP contribution >= 0.6 is 11.3 Å². The first-order valence-corrected chi connectivity index (χ1v) is 9.00. The highest BCUT2D eigenvalue weighted by Crippen LogP contribution is 2.21. The van der Waals surface area contributed by atoms with Gasteiger partial charge in [0.1, 0.15) is 12.2 Å². The van der Waals surface area contributed by atoms with E-state index < -0.39 is 10.0 Å². The summed E-state index contributed by atoms with van der Waals surface area (Å²) in [4.78, 5) is 1.15. The summed E-state index contributed by atoms with van der Waals surface area (Å²) in [5.74, 6) is 0.569. The van der Waals surface area contributed by atoms with E-state index in [9.17, 15) is 8.42 Å². The third-order valence-electron chi connectivity index (χ3n) is 2.93. The zero-order valence-electron chi connectivity index (χ0n) is 12.0. The number of rotatable bonds is 8. The van der Waals surface area contributed by atoms with Crippen molar-refractivity contribution in [3.05, 3.63) is 28.5 Å². The molecule has 0 unspecified atom stereocenters. The Morgan fingerprint density at radius 3 is 2.86 bits per heavy atom. The molecule has 0 atom stereocenters. The van der Waals surface area contributed by atoms with E-state index in [1.54, 1.807) is 23.1 Å². The van der Waals surface area contributed by atoms with Crippen LogP contribution in [0.25, 0.3) is 0 Å². The maximum Gasteiger partial charge on any atom is 0.242 e. The summed E-state index contributed by atoms with van der Waals surface area (Å²) in [6, 6.07) is 1.63. The van der Waals surface area contributed by atoms with Crippen molar-refractivity contribution < 1.29 is 8.42 Å². The molecule has 2 aromatic heterocycles. The van der Waals surface area contributed by atoms with Crippen LogP contribution in [0.2, 0.25) is 0 Å². The van der Waals surface area contributed by atoms with Gasteiger partial charge >= 0.3 is 0 Å². The van der Waals surface area contributed by atoms with Gasteiger partial charge in [0, 0.05) is 18.5 Å². The second-order valence-corrected chi connectivity index (χ2v) is 7.30. The zero-order chi connectivity index (χ0) is 15.3. The van der Waals surface area contributed by atoms with Crippen LogP contribution in [0.3, 0.4) is 0 Å². The van der Waals surface area contributed by atoms with Gasteiger partial charge in [-0.15, -0.1) is 21.5 Å². The third kappa shape index (κ3) is 4.10. The number of aryl methyl sites for hydroxylation is 1. The van der Waals surface area contributed by atoms with Crippen LogP contribution in [0, 0.1) is 0 Å². The van der Waals surface area contributed by atoms with Crippen molar-refractivity contribution in [2.75, 3.05) is 6.54 Å². The van der Waals surface area contributed by atoms with E-state index in [2.05, 4.69) is 27.2 Å². The molecule has 0 spiro atoms. The minimum absolute atomic E-state index is 0.122. The molecular formula is C12H19N5O2S2. The Morgan fingerprint density at radius 2 is 2.19 bits per heavy atom. The molecule has 0 bridgehead atoms. The number of nitrogens with one attached hydrogen (secondary N) is 2. The first kappa shape index (κ1) is 16.1. The van der Waals surface area contributed by atoms with Crippen molar-refractivity contribution in [2.24, 2.45) is 7.05 Å². The number of aromatic nitrogens is 3. The maximum atomic E-state index is 12.4. The van der Waals surface area contributed by atoms with Gasteiger partial charge in [-0.2, -0.15) is 0 Å². The van der Waals surface area contributed by atoms with Crippen molar-refractivity contribution >= 4 is 21.4 Å². The van der Waals surface area contributed by atoms with Crippen LogP contribution in [0.1, 0.15) is 24.0 Å². The van der Waals surface area contributed by atoms with E-state index in [1.807, 2.05) is 0 Å². The third-order valence-corrected chi connectivity index (χ3v) is 5.47. The van der Waals surface area contributed by atoms with Gasteiger partial charge in [0.2, 0.25) is 10.0 Å².